The van der Waals surface area contributed by atoms with E-state index in [2.05, 4.69) is 58.9 Å². The molecule has 0 saturated carbocycles. The molecule has 0 bridgehead atoms. The van der Waals surface area contributed by atoms with E-state index in [1.165, 1.54) is 0 Å². The molecule has 0 atom stereocenters. The summed E-state index contributed by atoms with van der Waals surface area (Å²) in [5, 5.41) is 3.43. The molecule has 0 aromatic carbocycles. The van der Waals surface area contributed by atoms with Gasteiger partial charge in [0.2, 0.25) is 0 Å². The minimum absolute atomic E-state index is 0.560. The minimum Gasteiger partial charge on any atom is -0.357 e. The van der Waals surface area contributed by atoms with Gasteiger partial charge < -0.3 is 20.0 Å². The first-order valence-electron chi connectivity index (χ1n) is 9.01. The van der Waals surface area contributed by atoms with Gasteiger partial charge in [0.25, 0.3) is 0 Å². The zero-order chi connectivity index (χ0) is 17.4. The number of hydrogen-bond acceptors (Lipinski definition) is 4. The Hall–Kier alpha value is -1.82. The van der Waals surface area contributed by atoms with E-state index in [1.807, 2.05) is 18.3 Å². The Kier molecular flexibility index (Phi) is 7.31. The number of nitrogens with zero attached hydrogens (tertiary/aromatic N) is 5. The van der Waals surface area contributed by atoms with Crippen molar-refractivity contribution in [3.8, 4) is 0 Å². The van der Waals surface area contributed by atoms with Gasteiger partial charge in [-0.15, -0.1) is 0 Å². The normalized spacial score (nSPS) is 16.2. The van der Waals surface area contributed by atoms with Crippen LogP contribution in [-0.2, 0) is 0 Å². The van der Waals surface area contributed by atoms with Crippen molar-refractivity contribution in [2.24, 2.45) is 4.99 Å². The summed E-state index contributed by atoms with van der Waals surface area (Å²) in [6.45, 7) is 13.2. The third kappa shape index (κ3) is 5.37. The minimum atomic E-state index is 0.560. The third-order valence-corrected chi connectivity index (χ3v) is 4.48. The summed E-state index contributed by atoms with van der Waals surface area (Å²) in [5.74, 6) is 2.10. The smallest absolute Gasteiger partial charge is 0.194 e. The lowest BCUT2D eigenvalue weighted by Gasteiger charge is -2.37. The fraction of sp³-hybridized carbons (Fsp3) is 0.667. The molecule has 6 heteroatoms. The lowest BCUT2D eigenvalue weighted by Crippen LogP contribution is -2.52. The van der Waals surface area contributed by atoms with Crippen molar-refractivity contribution < 1.29 is 0 Å². The van der Waals surface area contributed by atoms with Crippen LogP contribution in [0.4, 0.5) is 5.82 Å². The number of piperazine rings is 1. The average Bonchev–Trinajstić information content (AvgIpc) is 2.61. The molecule has 24 heavy (non-hydrogen) atoms. The first kappa shape index (κ1) is 18.5. The number of aromatic nitrogens is 1. The molecule has 134 valence electrons. The van der Waals surface area contributed by atoms with Crippen LogP contribution in [0.5, 0.6) is 0 Å². The maximum atomic E-state index is 4.81. The van der Waals surface area contributed by atoms with Crippen LogP contribution in [0.1, 0.15) is 20.8 Å². The molecule has 0 radical (unpaired) electrons. The molecule has 1 aromatic rings. The topological polar surface area (TPSA) is 47.0 Å². The molecule has 0 amide bonds. The summed E-state index contributed by atoms with van der Waals surface area (Å²) in [4.78, 5) is 16.3. The van der Waals surface area contributed by atoms with Crippen molar-refractivity contribution in [1.29, 1.82) is 0 Å². The van der Waals surface area contributed by atoms with Gasteiger partial charge in [0.15, 0.2) is 5.96 Å². The Morgan fingerprint density at radius 3 is 2.62 bits per heavy atom. The van der Waals surface area contributed by atoms with Crippen LogP contribution in [0.25, 0.3) is 0 Å². The number of aliphatic imine (C=N–C) groups is 1. The molecule has 1 aromatic heterocycles. The van der Waals surface area contributed by atoms with Crippen molar-refractivity contribution in [1.82, 2.24) is 20.1 Å². The number of rotatable bonds is 6. The van der Waals surface area contributed by atoms with Gasteiger partial charge in [0.1, 0.15) is 5.82 Å². The number of hydrogen-bond donors (Lipinski definition) is 1. The van der Waals surface area contributed by atoms with E-state index >= 15 is 0 Å². The van der Waals surface area contributed by atoms with E-state index in [0.29, 0.717) is 6.04 Å². The van der Waals surface area contributed by atoms with Crippen LogP contribution in [0, 0.1) is 0 Å². The Balaban J connectivity index is 1.88. The Labute approximate surface area is 146 Å². The van der Waals surface area contributed by atoms with Crippen molar-refractivity contribution in [2.45, 2.75) is 26.8 Å². The number of anilines is 1. The molecular weight excluding hydrogens is 300 g/mol. The standard InChI is InChI=1S/C18H32N6/c1-5-19-18(21-10-11-22(4)16(2)3)24-14-12-23(13-15-24)17-8-6-7-9-20-17/h6-9,16H,5,10-15H2,1-4H3,(H,19,21). The van der Waals surface area contributed by atoms with E-state index in [1.54, 1.807) is 0 Å². The quantitative estimate of drug-likeness (QED) is 0.632. The van der Waals surface area contributed by atoms with Gasteiger partial charge in [0, 0.05) is 51.5 Å². The molecule has 1 fully saturated rings. The van der Waals surface area contributed by atoms with Crippen molar-refractivity contribution in [3.63, 3.8) is 0 Å². The first-order valence-corrected chi connectivity index (χ1v) is 9.01. The average molecular weight is 332 g/mol. The van der Waals surface area contributed by atoms with E-state index in [4.69, 9.17) is 4.99 Å². The summed E-state index contributed by atoms with van der Waals surface area (Å²) >= 11 is 0. The van der Waals surface area contributed by atoms with Gasteiger partial charge in [0.05, 0.1) is 6.54 Å². The second-order valence-corrected chi connectivity index (χ2v) is 6.47. The monoisotopic (exact) mass is 332 g/mol. The van der Waals surface area contributed by atoms with Crippen LogP contribution < -0.4 is 10.2 Å². The third-order valence-electron chi connectivity index (χ3n) is 4.48. The molecule has 1 N–H and O–H groups in total. The molecule has 0 aliphatic carbocycles. The molecule has 1 aliphatic heterocycles. The summed E-state index contributed by atoms with van der Waals surface area (Å²) in [5.41, 5.74) is 0. The maximum Gasteiger partial charge on any atom is 0.194 e. The Morgan fingerprint density at radius 1 is 1.29 bits per heavy atom. The molecule has 0 unspecified atom stereocenters. The van der Waals surface area contributed by atoms with E-state index in [-0.39, 0.29) is 0 Å². The number of guanidine groups is 1. The highest BCUT2D eigenvalue weighted by Gasteiger charge is 2.20. The highest BCUT2D eigenvalue weighted by atomic mass is 15.4. The second-order valence-electron chi connectivity index (χ2n) is 6.47. The van der Waals surface area contributed by atoms with E-state index in [9.17, 15) is 0 Å². The fourth-order valence-electron chi connectivity index (χ4n) is 2.69. The van der Waals surface area contributed by atoms with Gasteiger partial charge in [-0.2, -0.15) is 0 Å². The van der Waals surface area contributed by atoms with Gasteiger partial charge in [-0.1, -0.05) is 6.07 Å². The molecule has 2 heterocycles. The van der Waals surface area contributed by atoms with Gasteiger partial charge in [-0.25, -0.2) is 4.98 Å². The largest absolute Gasteiger partial charge is 0.357 e. The van der Waals surface area contributed by atoms with Gasteiger partial charge in [-0.3, -0.25) is 4.99 Å². The number of nitrogens with one attached hydrogen (secondary N) is 1. The van der Waals surface area contributed by atoms with Crippen LogP contribution in [0.15, 0.2) is 29.4 Å². The molecule has 2 rings (SSSR count). The van der Waals surface area contributed by atoms with Gasteiger partial charge >= 0.3 is 0 Å². The first-order chi connectivity index (χ1) is 11.6. The molecular formula is C18H32N6. The lowest BCUT2D eigenvalue weighted by molar-refractivity contribution is 0.281. The van der Waals surface area contributed by atoms with Crippen molar-refractivity contribution >= 4 is 11.8 Å². The predicted molar refractivity (Wildman–Crippen MR) is 102 cm³/mol. The van der Waals surface area contributed by atoms with Crippen molar-refractivity contribution in [3.05, 3.63) is 24.4 Å². The maximum absolute atomic E-state index is 4.81. The second kappa shape index (κ2) is 9.47. The summed E-state index contributed by atoms with van der Waals surface area (Å²) in [6, 6.07) is 6.65. The Morgan fingerprint density at radius 2 is 2.04 bits per heavy atom. The summed E-state index contributed by atoms with van der Waals surface area (Å²) < 4.78 is 0. The van der Waals surface area contributed by atoms with Crippen LogP contribution in [0.3, 0.4) is 0 Å². The van der Waals surface area contributed by atoms with Crippen LogP contribution in [0.2, 0.25) is 0 Å². The molecule has 1 aliphatic rings. The molecule has 6 nitrogen and oxygen atoms in total. The Bertz CT molecular complexity index is 493. The number of pyridine rings is 1. The van der Waals surface area contributed by atoms with Crippen LogP contribution in [-0.4, -0.2) is 79.6 Å². The molecule has 0 spiro atoms. The summed E-state index contributed by atoms with van der Waals surface area (Å²) in [7, 11) is 2.15. The highest BCUT2D eigenvalue weighted by Crippen LogP contribution is 2.12. The SMILES string of the molecule is CCNC(=NCCN(C)C(C)C)N1CCN(c2ccccn2)CC1. The predicted octanol–water partition coefficient (Wildman–Crippen LogP) is 1.51. The van der Waals surface area contributed by atoms with Crippen molar-refractivity contribution in [2.75, 3.05) is 57.8 Å². The zero-order valence-electron chi connectivity index (χ0n) is 15.6. The molecule has 1 saturated heterocycles. The van der Waals surface area contributed by atoms with Gasteiger partial charge in [-0.05, 0) is 40.0 Å². The van der Waals surface area contributed by atoms with E-state index < -0.39 is 0 Å². The van der Waals surface area contributed by atoms with E-state index in [0.717, 1.165) is 57.6 Å². The number of likely N-dealkylation sites (N-methyl/N-ethyl adjacent to an activating group) is 1. The highest BCUT2D eigenvalue weighted by molar-refractivity contribution is 5.80. The van der Waals surface area contributed by atoms with Crippen LogP contribution >= 0.6 is 0 Å². The zero-order valence-corrected chi connectivity index (χ0v) is 15.6. The summed E-state index contributed by atoms with van der Waals surface area (Å²) in [6.07, 6.45) is 1.86. The fourth-order valence-corrected chi connectivity index (χ4v) is 2.69. The lowest BCUT2D eigenvalue weighted by atomic mass is 10.3.